The van der Waals surface area contributed by atoms with Crippen LogP contribution in [0.25, 0.3) is 16.6 Å². The topological polar surface area (TPSA) is 105 Å². The molecule has 4 atom stereocenters. The SMILES string of the molecule is N#Cc1cnn2cc(OCCCN3C4CNCC3C4)cc(-c3ccc(N4CC5CC(C4)N5C(=O)N4C5CCC4CC5)nc3)c12. The number of pyridine rings is 2. The van der Waals surface area contributed by atoms with Gasteiger partial charge in [-0.2, -0.15) is 10.4 Å². The fourth-order valence-electron chi connectivity index (χ4n) is 9.04. The van der Waals surface area contributed by atoms with Crippen LogP contribution in [0.4, 0.5) is 10.6 Å². The number of carbonyl (C=O) groups excluding carboxylic acids is 1. The first-order chi connectivity index (χ1) is 21.6. The molecule has 4 unspecified atom stereocenters. The van der Waals surface area contributed by atoms with Crippen LogP contribution >= 0.6 is 0 Å². The average molecular weight is 594 g/mol. The van der Waals surface area contributed by atoms with E-state index < -0.39 is 0 Å². The lowest BCUT2D eigenvalue weighted by Gasteiger charge is -2.57. The molecule has 7 fully saturated rings. The Morgan fingerprint density at radius 3 is 2.39 bits per heavy atom. The molecule has 44 heavy (non-hydrogen) atoms. The molecule has 228 valence electrons. The Hall–Kier alpha value is -3.88. The molecular weight excluding hydrogens is 554 g/mol. The predicted octanol–water partition coefficient (Wildman–Crippen LogP) is 3.09. The van der Waals surface area contributed by atoms with Crippen molar-refractivity contribution >= 4 is 17.4 Å². The van der Waals surface area contributed by atoms with Gasteiger partial charge in [-0.25, -0.2) is 14.3 Å². The minimum absolute atomic E-state index is 0.263. The normalized spacial score (nSPS) is 30.3. The quantitative estimate of drug-likeness (QED) is 0.417. The molecule has 7 aliphatic heterocycles. The van der Waals surface area contributed by atoms with E-state index in [4.69, 9.17) is 9.72 Å². The van der Waals surface area contributed by atoms with E-state index in [-0.39, 0.29) is 18.1 Å². The lowest BCUT2D eigenvalue weighted by atomic mass is 9.87. The summed E-state index contributed by atoms with van der Waals surface area (Å²) in [6.45, 7) is 5.53. The van der Waals surface area contributed by atoms with E-state index in [1.165, 1.54) is 32.1 Å². The van der Waals surface area contributed by atoms with Crippen LogP contribution < -0.4 is 15.0 Å². The van der Waals surface area contributed by atoms with Gasteiger partial charge >= 0.3 is 6.03 Å². The number of hydrogen-bond donors (Lipinski definition) is 1. The van der Waals surface area contributed by atoms with E-state index in [0.717, 1.165) is 73.8 Å². The van der Waals surface area contributed by atoms with Gasteiger partial charge in [-0.15, -0.1) is 0 Å². The number of carbonyl (C=O) groups is 1. The molecule has 11 nitrogen and oxygen atoms in total. The first-order valence-electron chi connectivity index (χ1n) is 16.5. The van der Waals surface area contributed by atoms with E-state index in [1.807, 2.05) is 18.5 Å². The van der Waals surface area contributed by atoms with E-state index in [0.29, 0.717) is 36.3 Å². The molecule has 0 spiro atoms. The molecule has 7 aliphatic rings. The number of nitrogens with zero attached hydrogens (tertiary/aromatic N) is 8. The number of fused-ring (bicyclic) bond motifs is 7. The second-order valence-corrected chi connectivity index (χ2v) is 13.6. The first-order valence-corrected chi connectivity index (χ1v) is 16.5. The van der Waals surface area contributed by atoms with Crippen LogP contribution in [0.2, 0.25) is 0 Å². The van der Waals surface area contributed by atoms with E-state index in [1.54, 1.807) is 10.7 Å². The molecule has 0 aromatic carbocycles. The highest BCUT2D eigenvalue weighted by atomic mass is 16.5. The number of nitrogens with one attached hydrogen (secondary N) is 1. The average Bonchev–Trinajstić information content (AvgIpc) is 3.79. The molecular formula is C33H39N9O2. The van der Waals surface area contributed by atoms with Gasteiger partial charge < -0.3 is 24.8 Å². The Morgan fingerprint density at radius 1 is 0.977 bits per heavy atom. The first kappa shape index (κ1) is 26.5. The van der Waals surface area contributed by atoms with Crippen LogP contribution in [0.3, 0.4) is 0 Å². The van der Waals surface area contributed by atoms with Crippen LogP contribution in [0.1, 0.15) is 50.5 Å². The maximum absolute atomic E-state index is 13.5. The Morgan fingerprint density at radius 2 is 1.70 bits per heavy atom. The van der Waals surface area contributed by atoms with Crippen LogP contribution in [-0.2, 0) is 0 Å². The van der Waals surface area contributed by atoms with Crippen LogP contribution in [0.15, 0.2) is 36.8 Å². The number of rotatable bonds is 7. The summed E-state index contributed by atoms with van der Waals surface area (Å²) < 4.78 is 7.98. The molecule has 7 saturated heterocycles. The highest BCUT2D eigenvalue weighted by Crippen LogP contribution is 2.42. The van der Waals surface area contributed by atoms with E-state index >= 15 is 0 Å². The fourth-order valence-corrected chi connectivity index (χ4v) is 9.04. The molecule has 0 radical (unpaired) electrons. The Bertz CT molecular complexity index is 1590. The van der Waals surface area contributed by atoms with Gasteiger partial charge in [0.25, 0.3) is 0 Å². The standard InChI is InChI=1S/C33H39N9O2/c34-13-22-15-37-40-20-29(44-9-1-8-39-25-10-26(39)17-35-16-25)12-30(32(22)40)21-2-7-31(36-14-21)38-18-27-11-28(19-38)42(27)33(43)41-23-3-4-24(41)6-5-23/h2,7,12,14-15,20,23-28,35H,1,3-6,8-11,16-19H2. The van der Waals surface area contributed by atoms with E-state index in [9.17, 15) is 10.1 Å². The summed E-state index contributed by atoms with van der Waals surface area (Å²) in [6, 6.07) is 11.6. The maximum atomic E-state index is 13.5. The number of amides is 2. The van der Waals surface area contributed by atoms with Crippen molar-refractivity contribution in [3.05, 3.63) is 42.4 Å². The third kappa shape index (κ3) is 4.18. The van der Waals surface area contributed by atoms with Crippen molar-refractivity contribution in [3.8, 4) is 22.9 Å². The summed E-state index contributed by atoms with van der Waals surface area (Å²) in [5, 5.41) is 17.7. The van der Waals surface area contributed by atoms with Gasteiger partial charge in [0, 0.05) is 74.2 Å². The Labute approximate surface area is 257 Å². The summed E-state index contributed by atoms with van der Waals surface area (Å²) in [5.41, 5.74) is 3.10. The molecule has 6 bridgehead atoms. The van der Waals surface area contributed by atoms with Gasteiger partial charge in [-0.05, 0) is 63.1 Å². The van der Waals surface area contributed by atoms with Crippen molar-refractivity contribution in [2.75, 3.05) is 44.2 Å². The lowest BCUT2D eigenvalue weighted by Crippen LogP contribution is -2.72. The number of ether oxygens (including phenoxy) is 1. The molecule has 2 amide bonds. The second-order valence-electron chi connectivity index (χ2n) is 13.6. The minimum Gasteiger partial charge on any atom is -0.492 e. The number of anilines is 1. The molecule has 1 N–H and O–H groups in total. The molecule has 10 heterocycles. The predicted molar refractivity (Wildman–Crippen MR) is 165 cm³/mol. The zero-order valence-electron chi connectivity index (χ0n) is 25.0. The number of aromatic nitrogens is 3. The minimum atomic E-state index is 0.263. The third-order valence-corrected chi connectivity index (χ3v) is 11.2. The number of urea groups is 1. The lowest BCUT2D eigenvalue weighted by molar-refractivity contribution is -0.0160. The van der Waals surface area contributed by atoms with Crippen molar-refractivity contribution in [1.29, 1.82) is 5.26 Å². The molecule has 3 aromatic heterocycles. The summed E-state index contributed by atoms with van der Waals surface area (Å²) >= 11 is 0. The van der Waals surface area contributed by atoms with Gasteiger partial charge in [0.15, 0.2) is 0 Å². The number of piperazine rings is 2. The molecule has 0 saturated carbocycles. The molecule has 3 aromatic rings. The number of nitriles is 1. The van der Waals surface area contributed by atoms with Crippen molar-refractivity contribution < 1.29 is 9.53 Å². The zero-order valence-corrected chi connectivity index (χ0v) is 25.0. The molecule has 11 heteroatoms. The maximum Gasteiger partial charge on any atom is 0.321 e. The van der Waals surface area contributed by atoms with Crippen molar-refractivity contribution in [3.63, 3.8) is 0 Å². The van der Waals surface area contributed by atoms with Gasteiger partial charge in [-0.1, -0.05) is 0 Å². The highest BCUT2D eigenvalue weighted by molar-refractivity contribution is 5.85. The summed E-state index contributed by atoms with van der Waals surface area (Å²) in [5.74, 6) is 1.67. The summed E-state index contributed by atoms with van der Waals surface area (Å²) in [4.78, 5) is 27.6. The van der Waals surface area contributed by atoms with Gasteiger partial charge in [0.1, 0.15) is 17.6 Å². The number of hydrogen-bond acceptors (Lipinski definition) is 8. The van der Waals surface area contributed by atoms with Crippen LogP contribution in [0, 0.1) is 11.3 Å². The fraction of sp³-hybridized carbons (Fsp3) is 0.576. The summed E-state index contributed by atoms with van der Waals surface area (Å²) in [6.07, 6.45) is 13.5. The van der Waals surface area contributed by atoms with Gasteiger partial charge in [0.05, 0.1) is 42.2 Å². The summed E-state index contributed by atoms with van der Waals surface area (Å²) in [7, 11) is 0. The monoisotopic (exact) mass is 593 g/mol. The van der Waals surface area contributed by atoms with Crippen molar-refractivity contribution in [2.24, 2.45) is 0 Å². The van der Waals surface area contributed by atoms with Crippen LogP contribution in [0.5, 0.6) is 5.75 Å². The third-order valence-electron chi connectivity index (χ3n) is 11.2. The van der Waals surface area contributed by atoms with Crippen LogP contribution in [-0.4, -0.2) is 111 Å². The second kappa shape index (κ2) is 10.3. The molecule has 10 rings (SSSR count). The van der Waals surface area contributed by atoms with Crippen molar-refractivity contribution in [2.45, 2.75) is 81.2 Å². The smallest absolute Gasteiger partial charge is 0.321 e. The highest BCUT2D eigenvalue weighted by Gasteiger charge is 2.52. The largest absolute Gasteiger partial charge is 0.492 e. The molecule has 0 aliphatic carbocycles. The van der Waals surface area contributed by atoms with E-state index in [2.05, 4.69) is 48.2 Å². The Kier molecular flexibility index (Phi) is 6.24. The Balaban J connectivity index is 0.888. The van der Waals surface area contributed by atoms with Gasteiger partial charge in [-0.3, -0.25) is 4.90 Å². The zero-order chi connectivity index (χ0) is 29.4. The number of piperidine rings is 2. The van der Waals surface area contributed by atoms with Gasteiger partial charge in [0.2, 0.25) is 0 Å². The van der Waals surface area contributed by atoms with Crippen molar-refractivity contribution in [1.82, 2.24) is 34.6 Å².